The zero-order valence-corrected chi connectivity index (χ0v) is 6.79. The van der Waals surface area contributed by atoms with Crippen LogP contribution in [0.1, 0.15) is 19.8 Å². The van der Waals surface area contributed by atoms with E-state index in [1.165, 1.54) is 0 Å². The molecule has 11 heavy (non-hydrogen) atoms. The average molecular weight is 154 g/mol. The summed E-state index contributed by atoms with van der Waals surface area (Å²) in [5, 5.41) is 9.32. The van der Waals surface area contributed by atoms with E-state index in [0.717, 1.165) is 6.29 Å². The van der Waals surface area contributed by atoms with Gasteiger partial charge in [-0.1, -0.05) is 13.5 Å². The topological polar surface area (TPSA) is 37.3 Å². The summed E-state index contributed by atoms with van der Waals surface area (Å²) in [6.45, 7) is 5.27. The first-order chi connectivity index (χ1) is 5.22. The van der Waals surface area contributed by atoms with Gasteiger partial charge in [-0.3, -0.25) is 0 Å². The van der Waals surface area contributed by atoms with Crippen LogP contribution in [0.3, 0.4) is 0 Å². The van der Waals surface area contributed by atoms with Gasteiger partial charge in [-0.05, 0) is 12.5 Å². The number of aldehydes is 1. The van der Waals surface area contributed by atoms with Gasteiger partial charge in [0.25, 0.3) is 0 Å². The number of rotatable bonds is 5. The van der Waals surface area contributed by atoms with Gasteiger partial charge in [0.05, 0.1) is 6.10 Å². The highest BCUT2D eigenvalue weighted by Gasteiger charge is 2.09. The van der Waals surface area contributed by atoms with Gasteiger partial charge in [0, 0.05) is 12.3 Å². The van der Waals surface area contributed by atoms with Crippen molar-refractivity contribution in [2.24, 2.45) is 5.92 Å². The van der Waals surface area contributed by atoms with Crippen molar-refractivity contribution in [1.82, 2.24) is 0 Å². The van der Waals surface area contributed by atoms with Crippen LogP contribution in [0.25, 0.3) is 0 Å². The zero-order valence-electron chi connectivity index (χ0n) is 6.79. The van der Waals surface area contributed by atoms with Crippen LogP contribution in [-0.2, 0) is 4.79 Å². The Morgan fingerprint density at radius 2 is 2.36 bits per heavy atom. The number of hydrogen-bond donors (Lipinski definition) is 1. The summed E-state index contributed by atoms with van der Waals surface area (Å²) in [7, 11) is 0. The summed E-state index contributed by atoms with van der Waals surface area (Å²) >= 11 is 0. The van der Waals surface area contributed by atoms with Crippen molar-refractivity contribution in [2.75, 3.05) is 0 Å². The number of aliphatic hydroxyl groups is 1. The average Bonchev–Trinajstić information content (AvgIpc) is 2.00. The van der Waals surface area contributed by atoms with Gasteiger partial charge in [-0.2, -0.15) is 0 Å². The fourth-order valence-electron chi connectivity index (χ4n) is 0.799. The van der Waals surface area contributed by atoms with E-state index in [9.17, 15) is 9.90 Å². The predicted octanol–water partition coefficient (Wildman–Crippen LogP) is 1.30. The monoisotopic (exact) mass is 154 g/mol. The van der Waals surface area contributed by atoms with E-state index < -0.39 is 6.10 Å². The molecule has 1 N–H and O–H groups in total. The summed E-state index contributed by atoms with van der Waals surface area (Å²) in [5.74, 6) is 0.0347. The minimum Gasteiger partial charge on any atom is -0.392 e. The fourth-order valence-corrected chi connectivity index (χ4v) is 0.799. The molecule has 62 valence electrons. The fraction of sp³-hybridized carbons (Fsp3) is 0.556. The van der Waals surface area contributed by atoms with Crippen molar-refractivity contribution >= 4 is 6.29 Å². The second-order valence-corrected chi connectivity index (χ2v) is 2.54. The van der Waals surface area contributed by atoms with Crippen molar-refractivity contribution in [1.29, 1.82) is 0 Å². The summed E-state index contributed by atoms with van der Waals surface area (Å²) in [4.78, 5) is 9.94. The van der Waals surface area contributed by atoms with Gasteiger partial charge in [0.2, 0.25) is 0 Å². The van der Waals surface area contributed by atoms with E-state index in [4.69, 9.17) is 0 Å². The van der Waals surface area contributed by atoms with Crippen LogP contribution < -0.4 is 0 Å². The van der Waals surface area contributed by atoms with Crippen molar-refractivity contribution in [2.45, 2.75) is 25.9 Å². The predicted molar refractivity (Wildman–Crippen MR) is 44.2 cm³/mol. The Kier molecular flexibility index (Phi) is 5.44. The third-order valence-electron chi connectivity index (χ3n) is 1.57. The standard InChI is InChI=1S/C9H14O2/c1-3-5-8(2)9(11)6-4-7-10/h5,7-9,11H,1,4,6H2,2H3/t8?,9-/m0/s1. The third kappa shape index (κ3) is 4.54. The minimum absolute atomic E-state index is 0.0347. The van der Waals surface area contributed by atoms with Gasteiger partial charge >= 0.3 is 0 Å². The molecule has 1 unspecified atom stereocenters. The van der Waals surface area contributed by atoms with Gasteiger partial charge in [0.15, 0.2) is 0 Å². The second kappa shape index (κ2) is 5.90. The molecule has 0 bridgehead atoms. The van der Waals surface area contributed by atoms with E-state index in [2.05, 4.69) is 12.3 Å². The molecule has 0 saturated heterocycles. The summed E-state index contributed by atoms with van der Waals surface area (Å²) < 4.78 is 0. The molecule has 0 aromatic carbocycles. The molecule has 2 heteroatoms. The van der Waals surface area contributed by atoms with E-state index >= 15 is 0 Å². The Bertz CT molecular complexity index is 157. The Morgan fingerprint density at radius 1 is 1.73 bits per heavy atom. The highest BCUT2D eigenvalue weighted by Crippen LogP contribution is 2.08. The lowest BCUT2D eigenvalue weighted by Crippen LogP contribution is -2.15. The lowest BCUT2D eigenvalue weighted by molar-refractivity contribution is -0.108. The normalized spacial score (nSPS) is 14.7. The van der Waals surface area contributed by atoms with E-state index in [1.54, 1.807) is 6.08 Å². The highest BCUT2D eigenvalue weighted by atomic mass is 16.3. The molecule has 0 aliphatic carbocycles. The largest absolute Gasteiger partial charge is 0.392 e. The molecular weight excluding hydrogens is 140 g/mol. The smallest absolute Gasteiger partial charge is 0.120 e. The molecule has 0 heterocycles. The lowest BCUT2D eigenvalue weighted by atomic mass is 10.0. The van der Waals surface area contributed by atoms with Crippen molar-refractivity contribution in [3.05, 3.63) is 18.4 Å². The van der Waals surface area contributed by atoms with Crippen LogP contribution >= 0.6 is 0 Å². The molecular formula is C9H14O2. The minimum atomic E-state index is -0.450. The Balaban J connectivity index is 3.71. The molecule has 0 aromatic heterocycles. The number of carbonyl (C=O) groups is 1. The molecule has 0 saturated carbocycles. The van der Waals surface area contributed by atoms with Gasteiger partial charge in [-0.15, -0.1) is 5.73 Å². The molecule has 0 rings (SSSR count). The number of hydrogen-bond acceptors (Lipinski definition) is 2. The summed E-state index contributed by atoms with van der Waals surface area (Å²) in [6, 6.07) is 0. The number of aliphatic hydroxyl groups excluding tert-OH is 1. The Labute approximate surface area is 67.2 Å². The van der Waals surface area contributed by atoms with Crippen LogP contribution in [0.2, 0.25) is 0 Å². The molecule has 2 atom stereocenters. The number of carbonyl (C=O) groups excluding carboxylic acids is 1. The van der Waals surface area contributed by atoms with Crippen LogP contribution in [0.4, 0.5) is 0 Å². The maximum atomic E-state index is 9.94. The first kappa shape index (κ1) is 10.2. The Hall–Kier alpha value is -0.850. The molecule has 0 radical (unpaired) electrons. The van der Waals surface area contributed by atoms with Crippen molar-refractivity contribution < 1.29 is 9.90 Å². The highest BCUT2D eigenvalue weighted by molar-refractivity contribution is 5.49. The molecule has 0 amide bonds. The van der Waals surface area contributed by atoms with Crippen molar-refractivity contribution in [3.63, 3.8) is 0 Å². The molecule has 0 spiro atoms. The van der Waals surface area contributed by atoms with Crippen LogP contribution in [-0.4, -0.2) is 17.5 Å². The van der Waals surface area contributed by atoms with E-state index in [-0.39, 0.29) is 5.92 Å². The molecule has 0 aromatic rings. The third-order valence-corrected chi connectivity index (χ3v) is 1.57. The summed E-state index contributed by atoms with van der Waals surface area (Å²) in [6.07, 6.45) is 3.00. The van der Waals surface area contributed by atoms with Crippen molar-refractivity contribution in [3.8, 4) is 0 Å². The second-order valence-electron chi connectivity index (χ2n) is 2.54. The first-order valence-electron chi connectivity index (χ1n) is 3.70. The lowest BCUT2D eigenvalue weighted by Gasteiger charge is -2.12. The maximum absolute atomic E-state index is 9.94. The van der Waals surface area contributed by atoms with Crippen LogP contribution in [0.15, 0.2) is 18.4 Å². The first-order valence-corrected chi connectivity index (χ1v) is 3.70. The van der Waals surface area contributed by atoms with E-state index in [1.807, 2.05) is 6.92 Å². The van der Waals surface area contributed by atoms with Gasteiger partial charge in [0.1, 0.15) is 6.29 Å². The molecule has 0 aliphatic heterocycles. The Morgan fingerprint density at radius 3 is 2.82 bits per heavy atom. The molecule has 0 fully saturated rings. The SMILES string of the molecule is C=C=CC(C)[C@@H](O)CCC=O. The molecule has 2 nitrogen and oxygen atoms in total. The zero-order chi connectivity index (χ0) is 8.69. The van der Waals surface area contributed by atoms with Crippen LogP contribution in [0.5, 0.6) is 0 Å². The van der Waals surface area contributed by atoms with Gasteiger partial charge in [-0.25, -0.2) is 0 Å². The molecule has 0 aliphatic rings. The quantitative estimate of drug-likeness (QED) is 0.478. The van der Waals surface area contributed by atoms with Gasteiger partial charge < -0.3 is 9.90 Å². The van der Waals surface area contributed by atoms with E-state index in [0.29, 0.717) is 12.8 Å². The maximum Gasteiger partial charge on any atom is 0.120 e. The summed E-state index contributed by atoms with van der Waals surface area (Å²) in [5.41, 5.74) is 2.60. The van der Waals surface area contributed by atoms with Crippen LogP contribution in [0, 0.1) is 5.92 Å².